The van der Waals surface area contributed by atoms with Gasteiger partial charge in [0.25, 0.3) is 0 Å². The second-order valence-electron chi connectivity index (χ2n) is 7.06. The molecule has 3 nitrogen and oxygen atoms in total. The predicted molar refractivity (Wildman–Crippen MR) is 106 cm³/mol. The third-order valence-electron chi connectivity index (χ3n) is 4.93. The van der Waals surface area contributed by atoms with Crippen molar-refractivity contribution in [2.75, 3.05) is 0 Å². The molecule has 3 heteroatoms. The van der Waals surface area contributed by atoms with Crippen molar-refractivity contribution in [1.82, 2.24) is 0 Å². The number of phenols is 3. The van der Waals surface area contributed by atoms with E-state index in [2.05, 4.69) is 0 Å². The lowest BCUT2D eigenvalue weighted by Gasteiger charge is -2.21. The first-order chi connectivity index (χ1) is 12.2. The molecule has 26 heavy (non-hydrogen) atoms. The van der Waals surface area contributed by atoms with Crippen LogP contribution in [0.15, 0.2) is 36.4 Å². The quantitative estimate of drug-likeness (QED) is 0.558. The lowest BCUT2D eigenvalue weighted by Crippen LogP contribution is -1.97. The molecular weight excluding hydrogens is 324 g/mol. The number of hydrogen-bond acceptors (Lipinski definition) is 3. The highest BCUT2D eigenvalue weighted by atomic mass is 16.3. The van der Waals surface area contributed by atoms with Crippen LogP contribution >= 0.6 is 0 Å². The second-order valence-corrected chi connectivity index (χ2v) is 7.06. The first-order valence-corrected chi connectivity index (χ1v) is 8.64. The van der Waals surface area contributed by atoms with Crippen molar-refractivity contribution in [2.45, 2.75) is 34.6 Å². The van der Waals surface area contributed by atoms with E-state index in [0.29, 0.717) is 0 Å². The minimum Gasteiger partial charge on any atom is -0.508 e. The fourth-order valence-corrected chi connectivity index (χ4v) is 3.86. The molecule has 0 atom stereocenters. The van der Waals surface area contributed by atoms with Crippen molar-refractivity contribution < 1.29 is 15.3 Å². The smallest absolute Gasteiger partial charge is 0.126 e. The fraction of sp³-hybridized carbons (Fsp3) is 0.217. The van der Waals surface area contributed by atoms with E-state index in [9.17, 15) is 15.3 Å². The largest absolute Gasteiger partial charge is 0.508 e. The van der Waals surface area contributed by atoms with Gasteiger partial charge in [-0.3, -0.25) is 0 Å². The molecule has 0 fully saturated rings. The van der Waals surface area contributed by atoms with Gasteiger partial charge in [0.2, 0.25) is 0 Å². The molecule has 0 spiro atoms. The summed E-state index contributed by atoms with van der Waals surface area (Å²) in [6, 6.07) is 10.8. The van der Waals surface area contributed by atoms with E-state index < -0.39 is 0 Å². The molecule has 0 bridgehead atoms. The monoisotopic (exact) mass is 348 g/mol. The molecule has 0 saturated heterocycles. The van der Waals surface area contributed by atoms with E-state index in [1.807, 2.05) is 46.8 Å². The normalized spacial score (nSPS) is 11.0. The van der Waals surface area contributed by atoms with Gasteiger partial charge in [-0.05, 0) is 103 Å². The van der Waals surface area contributed by atoms with Crippen molar-refractivity contribution in [1.29, 1.82) is 0 Å². The van der Waals surface area contributed by atoms with E-state index >= 15 is 0 Å². The summed E-state index contributed by atoms with van der Waals surface area (Å²) >= 11 is 0. The van der Waals surface area contributed by atoms with Gasteiger partial charge in [0.05, 0.1) is 0 Å². The zero-order valence-electron chi connectivity index (χ0n) is 15.8. The number of benzene rings is 3. The molecule has 3 rings (SSSR count). The maximum Gasteiger partial charge on any atom is 0.126 e. The highest BCUT2D eigenvalue weighted by Gasteiger charge is 2.20. The van der Waals surface area contributed by atoms with Gasteiger partial charge in [-0.15, -0.1) is 0 Å². The molecule has 0 amide bonds. The van der Waals surface area contributed by atoms with E-state index in [0.717, 1.165) is 50.1 Å². The molecular formula is C23H24O3. The Balaban J connectivity index is 2.44. The number of aromatic hydroxyl groups is 3. The molecule has 134 valence electrons. The third kappa shape index (κ3) is 2.90. The van der Waals surface area contributed by atoms with Gasteiger partial charge in [0.15, 0.2) is 0 Å². The summed E-state index contributed by atoms with van der Waals surface area (Å²) in [6.45, 7) is 9.66. The molecule has 0 aromatic heterocycles. The van der Waals surface area contributed by atoms with Gasteiger partial charge in [-0.25, -0.2) is 0 Å². The maximum absolute atomic E-state index is 10.9. The van der Waals surface area contributed by atoms with Crippen LogP contribution in [0.2, 0.25) is 0 Å². The van der Waals surface area contributed by atoms with Crippen molar-refractivity contribution in [3.8, 4) is 39.5 Å². The molecule has 0 radical (unpaired) electrons. The lowest BCUT2D eigenvalue weighted by molar-refractivity contribution is 0.471. The fourth-order valence-electron chi connectivity index (χ4n) is 3.86. The maximum atomic E-state index is 10.9. The van der Waals surface area contributed by atoms with Crippen LogP contribution in [-0.2, 0) is 0 Å². The first-order valence-electron chi connectivity index (χ1n) is 8.64. The van der Waals surface area contributed by atoms with Gasteiger partial charge in [0.1, 0.15) is 17.2 Å². The van der Waals surface area contributed by atoms with Gasteiger partial charge >= 0.3 is 0 Å². The minimum absolute atomic E-state index is 0.217. The number of phenolic OH excluding ortho intramolecular Hbond substituents is 3. The Kier molecular flexibility index (Phi) is 4.41. The van der Waals surface area contributed by atoms with Crippen LogP contribution in [0.5, 0.6) is 17.2 Å². The molecule has 3 N–H and O–H groups in total. The average molecular weight is 348 g/mol. The summed E-state index contributed by atoms with van der Waals surface area (Å²) < 4.78 is 0. The van der Waals surface area contributed by atoms with Gasteiger partial charge in [-0.1, -0.05) is 12.1 Å². The summed E-state index contributed by atoms with van der Waals surface area (Å²) in [4.78, 5) is 0. The Morgan fingerprint density at radius 1 is 0.500 bits per heavy atom. The highest BCUT2D eigenvalue weighted by molar-refractivity contribution is 5.93. The van der Waals surface area contributed by atoms with Crippen LogP contribution in [0.25, 0.3) is 22.3 Å². The molecule has 3 aromatic rings. The zero-order valence-corrected chi connectivity index (χ0v) is 15.8. The Labute approximate surface area is 154 Å². The number of aryl methyl sites for hydroxylation is 5. The summed E-state index contributed by atoms with van der Waals surface area (Å²) in [7, 11) is 0. The second kappa shape index (κ2) is 6.41. The van der Waals surface area contributed by atoms with Crippen LogP contribution < -0.4 is 0 Å². The van der Waals surface area contributed by atoms with E-state index in [1.165, 1.54) is 0 Å². The van der Waals surface area contributed by atoms with Gasteiger partial charge in [-0.2, -0.15) is 0 Å². The molecule has 0 saturated carbocycles. The number of rotatable bonds is 2. The zero-order chi connectivity index (χ0) is 19.2. The first kappa shape index (κ1) is 17.9. The molecule has 0 aliphatic rings. The summed E-state index contributed by atoms with van der Waals surface area (Å²) in [6.07, 6.45) is 0. The molecule has 3 aromatic carbocycles. The molecule has 0 heterocycles. The minimum atomic E-state index is 0.217. The SMILES string of the molecule is Cc1ccc(-c2c(C)cc(O)cc2C)c(-c2c(C)cc(O)cc2C)c1O. The number of hydrogen-bond donors (Lipinski definition) is 3. The van der Waals surface area contributed by atoms with Crippen LogP contribution in [0, 0.1) is 34.6 Å². The van der Waals surface area contributed by atoms with Crippen LogP contribution in [0.4, 0.5) is 0 Å². The Morgan fingerprint density at radius 2 is 0.923 bits per heavy atom. The van der Waals surface area contributed by atoms with Gasteiger partial charge in [0, 0.05) is 5.56 Å². The van der Waals surface area contributed by atoms with Crippen LogP contribution in [-0.4, -0.2) is 15.3 Å². The third-order valence-corrected chi connectivity index (χ3v) is 4.93. The van der Waals surface area contributed by atoms with Gasteiger partial charge < -0.3 is 15.3 Å². The lowest BCUT2D eigenvalue weighted by atomic mass is 9.84. The van der Waals surface area contributed by atoms with Crippen molar-refractivity contribution >= 4 is 0 Å². The van der Waals surface area contributed by atoms with E-state index in [-0.39, 0.29) is 17.2 Å². The van der Waals surface area contributed by atoms with Crippen molar-refractivity contribution in [2.24, 2.45) is 0 Å². The Bertz CT molecular complexity index is 970. The average Bonchev–Trinajstić information content (AvgIpc) is 2.51. The van der Waals surface area contributed by atoms with Crippen molar-refractivity contribution in [3.63, 3.8) is 0 Å². The molecule has 0 aliphatic heterocycles. The summed E-state index contributed by atoms with van der Waals surface area (Å²) in [5.74, 6) is 0.694. The molecule has 0 aliphatic carbocycles. The standard InChI is InChI=1S/C23H24O3/c1-12-6-7-19(20-13(2)8-17(24)9-14(20)3)22(23(12)26)21-15(4)10-18(25)11-16(21)5/h6-11,24-26H,1-5H3. The predicted octanol–water partition coefficient (Wildman–Crippen LogP) is 5.68. The Hall–Kier alpha value is -2.94. The topological polar surface area (TPSA) is 60.7 Å². The van der Waals surface area contributed by atoms with E-state index in [1.54, 1.807) is 24.3 Å². The Morgan fingerprint density at radius 3 is 1.38 bits per heavy atom. The van der Waals surface area contributed by atoms with Crippen molar-refractivity contribution in [3.05, 3.63) is 64.2 Å². The highest BCUT2D eigenvalue weighted by Crippen LogP contribution is 2.46. The summed E-state index contributed by atoms with van der Waals surface area (Å²) in [5, 5.41) is 30.7. The molecule has 0 unspecified atom stereocenters. The summed E-state index contributed by atoms with van der Waals surface area (Å²) in [5.41, 5.74) is 8.09. The van der Waals surface area contributed by atoms with Crippen LogP contribution in [0.1, 0.15) is 27.8 Å². The van der Waals surface area contributed by atoms with E-state index in [4.69, 9.17) is 0 Å². The van der Waals surface area contributed by atoms with Crippen LogP contribution in [0.3, 0.4) is 0 Å².